The minimum atomic E-state index is 1.20. The summed E-state index contributed by atoms with van der Waals surface area (Å²) in [5, 5.41) is 0. The van der Waals surface area contributed by atoms with Crippen LogP contribution in [-0.2, 0) is 0 Å². The Morgan fingerprint density at radius 2 is 2.40 bits per heavy atom. The maximum atomic E-state index is 10.7. The highest BCUT2D eigenvalue weighted by Crippen LogP contribution is 1.77. The summed E-state index contributed by atoms with van der Waals surface area (Å²) < 4.78 is 12.2. The molecule has 1 nitrogen and oxygen atoms in total. The van der Waals surface area contributed by atoms with Gasteiger partial charge in [-0.25, -0.2) is 5.54 Å². The standard InChI is InChI=1S/C2H3FIN/c3-5-2-1-4/h1-2,5H/b2-1+. The van der Waals surface area contributed by atoms with Crippen LogP contribution in [0.5, 0.6) is 0 Å². The Hall–Kier alpha value is 0.200. The van der Waals surface area contributed by atoms with E-state index in [9.17, 15) is 4.48 Å². The fraction of sp³-hybridized carbons (Fsp3) is 0. The van der Waals surface area contributed by atoms with E-state index in [0.29, 0.717) is 0 Å². The molecule has 0 rings (SSSR count). The van der Waals surface area contributed by atoms with Crippen LogP contribution in [0.25, 0.3) is 0 Å². The smallest absolute Gasteiger partial charge is 0.0354 e. The first kappa shape index (κ1) is 5.20. The van der Waals surface area contributed by atoms with Crippen molar-refractivity contribution in [3.05, 3.63) is 10.3 Å². The second-order valence-corrected chi connectivity index (χ2v) is 1.12. The Labute approximate surface area is 43.3 Å². The van der Waals surface area contributed by atoms with Crippen LogP contribution in [0.1, 0.15) is 0 Å². The molecule has 0 unspecified atom stereocenters. The number of halogens is 2. The molecule has 0 aromatic heterocycles. The number of nitrogens with one attached hydrogen (secondary N) is 1. The Morgan fingerprint density at radius 1 is 1.80 bits per heavy atom. The first-order valence-corrected chi connectivity index (χ1v) is 2.27. The van der Waals surface area contributed by atoms with Crippen molar-refractivity contribution in [2.24, 2.45) is 0 Å². The number of hydrogen-bond acceptors (Lipinski definition) is 1. The second-order valence-electron chi connectivity index (χ2n) is 0.402. The molecule has 0 atom stereocenters. The lowest BCUT2D eigenvalue weighted by atomic mass is 11.1. The van der Waals surface area contributed by atoms with Crippen molar-refractivity contribution >= 4 is 22.6 Å². The fourth-order valence-electron chi connectivity index (χ4n) is 0.0238. The zero-order chi connectivity index (χ0) is 4.12. The average Bonchev–Trinajstić information content (AvgIpc) is 1.41. The van der Waals surface area contributed by atoms with E-state index in [-0.39, 0.29) is 0 Å². The van der Waals surface area contributed by atoms with Crippen molar-refractivity contribution in [3.63, 3.8) is 0 Å². The zero-order valence-electron chi connectivity index (χ0n) is 2.41. The maximum absolute atomic E-state index is 10.7. The van der Waals surface area contributed by atoms with Crippen LogP contribution < -0.4 is 5.54 Å². The molecule has 5 heavy (non-hydrogen) atoms. The molecule has 0 heterocycles. The molecule has 0 aromatic rings. The Kier molecular flexibility index (Phi) is 4.37. The monoisotopic (exact) mass is 187 g/mol. The molecule has 0 radical (unpaired) electrons. The number of hydrogen-bond donors (Lipinski definition) is 1. The van der Waals surface area contributed by atoms with E-state index in [1.807, 2.05) is 22.6 Å². The van der Waals surface area contributed by atoms with Crippen LogP contribution in [0.3, 0.4) is 0 Å². The summed E-state index contributed by atoms with van der Waals surface area (Å²) in [5.74, 6) is 0. The molecule has 0 saturated carbocycles. The van der Waals surface area contributed by atoms with Gasteiger partial charge in [0.05, 0.1) is 0 Å². The van der Waals surface area contributed by atoms with Crippen LogP contribution in [0, 0.1) is 0 Å². The minimum absolute atomic E-state index is 1.20. The third-order valence-corrected chi connectivity index (χ3v) is 0.486. The van der Waals surface area contributed by atoms with E-state index in [1.54, 1.807) is 0 Å². The predicted octanol–water partition coefficient (Wildman–Crippen LogP) is 1.37. The molecule has 0 aliphatic heterocycles. The van der Waals surface area contributed by atoms with Crippen molar-refractivity contribution in [2.45, 2.75) is 0 Å². The summed E-state index contributed by atoms with van der Waals surface area (Å²) >= 11 is 1.90. The van der Waals surface area contributed by atoms with Crippen LogP contribution in [0.2, 0.25) is 0 Å². The third-order valence-electron chi connectivity index (χ3n) is 0.126. The van der Waals surface area contributed by atoms with Gasteiger partial charge in [-0.15, -0.1) is 4.48 Å². The van der Waals surface area contributed by atoms with Gasteiger partial charge in [-0.1, -0.05) is 22.6 Å². The van der Waals surface area contributed by atoms with Crippen molar-refractivity contribution in [2.75, 3.05) is 0 Å². The van der Waals surface area contributed by atoms with Gasteiger partial charge in [0.25, 0.3) is 0 Å². The third kappa shape index (κ3) is 4.20. The van der Waals surface area contributed by atoms with E-state index in [1.165, 1.54) is 15.8 Å². The van der Waals surface area contributed by atoms with Gasteiger partial charge in [-0.2, -0.15) is 0 Å². The molecule has 0 aromatic carbocycles. The highest BCUT2D eigenvalue weighted by atomic mass is 127. The highest BCUT2D eigenvalue weighted by molar-refractivity contribution is 14.1. The van der Waals surface area contributed by atoms with E-state index in [2.05, 4.69) is 0 Å². The van der Waals surface area contributed by atoms with Crippen LogP contribution >= 0.6 is 22.6 Å². The Balaban J connectivity index is 2.62. The van der Waals surface area contributed by atoms with Gasteiger partial charge < -0.3 is 0 Å². The zero-order valence-corrected chi connectivity index (χ0v) is 4.57. The van der Waals surface area contributed by atoms with Gasteiger partial charge >= 0.3 is 0 Å². The lowest BCUT2D eigenvalue weighted by molar-refractivity contribution is 0.407. The van der Waals surface area contributed by atoms with Crippen LogP contribution in [-0.4, -0.2) is 0 Å². The van der Waals surface area contributed by atoms with Crippen molar-refractivity contribution in [1.82, 2.24) is 5.54 Å². The molecular formula is C2H3FIN. The van der Waals surface area contributed by atoms with Gasteiger partial charge in [0, 0.05) is 6.20 Å². The molecule has 1 N–H and O–H groups in total. The molecule has 0 spiro atoms. The largest absolute Gasteiger partial charge is 0.231 e. The fourth-order valence-corrected chi connectivity index (χ4v) is 0.160. The molecule has 3 heteroatoms. The van der Waals surface area contributed by atoms with Gasteiger partial charge in [-0.3, -0.25) is 0 Å². The van der Waals surface area contributed by atoms with Crippen molar-refractivity contribution in [3.8, 4) is 0 Å². The van der Waals surface area contributed by atoms with Crippen LogP contribution in [0.15, 0.2) is 10.3 Å². The van der Waals surface area contributed by atoms with Crippen molar-refractivity contribution in [1.29, 1.82) is 0 Å². The van der Waals surface area contributed by atoms with E-state index in [0.717, 1.165) is 0 Å². The van der Waals surface area contributed by atoms with Gasteiger partial charge in [-0.05, 0) is 4.08 Å². The first-order valence-electron chi connectivity index (χ1n) is 1.03. The second kappa shape index (κ2) is 4.20. The molecule has 0 bridgehead atoms. The number of rotatable bonds is 1. The summed E-state index contributed by atoms with van der Waals surface area (Å²) in [6.07, 6.45) is 1.20. The lowest BCUT2D eigenvalue weighted by Gasteiger charge is -1.67. The molecule has 0 fully saturated rings. The molecule has 30 valence electrons. The minimum Gasteiger partial charge on any atom is -0.231 e. The molecular weight excluding hydrogens is 184 g/mol. The summed E-state index contributed by atoms with van der Waals surface area (Å²) in [6, 6.07) is 0. The summed E-state index contributed by atoms with van der Waals surface area (Å²) in [5.41, 5.74) is 1.33. The summed E-state index contributed by atoms with van der Waals surface area (Å²) in [4.78, 5) is 0. The van der Waals surface area contributed by atoms with Crippen molar-refractivity contribution < 1.29 is 4.48 Å². The SMILES string of the molecule is FN/C=C/I. The molecule has 0 aliphatic carbocycles. The Bertz CT molecular complexity index is 36.6. The normalized spacial score (nSPS) is 9.20. The highest BCUT2D eigenvalue weighted by Gasteiger charge is 1.51. The first-order chi connectivity index (χ1) is 2.41. The van der Waals surface area contributed by atoms with E-state index < -0.39 is 0 Å². The van der Waals surface area contributed by atoms with E-state index in [4.69, 9.17) is 0 Å². The summed E-state index contributed by atoms with van der Waals surface area (Å²) in [7, 11) is 0. The quantitative estimate of drug-likeness (QED) is 0.482. The van der Waals surface area contributed by atoms with Gasteiger partial charge in [0.2, 0.25) is 0 Å². The summed E-state index contributed by atoms with van der Waals surface area (Å²) in [6.45, 7) is 0. The Morgan fingerprint density at radius 3 is 2.40 bits per heavy atom. The van der Waals surface area contributed by atoms with Gasteiger partial charge in [0.1, 0.15) is 0 Å². The maximum Gasteiger partial charge on any atom is 0.0354 e. The predicted molar refractivity (Wildman–Crippen MR) is 27.4 cm³/mol. The van der Waals surface area contributed by atoms with Crippen LogP contribution in [0.4, 0.5) is 4.48 Å². The molecule has 0 aliphatic rings. The molecule has 0 amide bonds. The lowest BCUT2D eigenvalue weighted by Crippen LogP contribution is -1.78. The van der Waals surface area contributed by atoms with E-state index >= 15 is 0 Å². The molecule has 0 saturated heterocycles. The average molecular weight is 187 g/mol. The topological polar surface area (TPSA) is 12.0 Å². The van der Waals surface area contributed by atoms with Gasteiger partial charge in [0.15, 0.2) is 0 Å².